The van der Waals surface area contributed by atoms with Crippen LogP contribution in [-0.4, -0.2) is 24.0 Å². The average molecular weight is 417 g/mol. The highest BCUT2D eigenvalue weighted by Crippen LogP contribution is 2.29. The summed E-state index contributed by atoms with van der Waals surface area (Å²) in [6.45, 7) is 4.21. The van der Waals surface area contributed by atoms with Crippen LogP contribution in [0.15, 0.2) is 57.7 Å². The standard InChI is InChI=1S/C22H22Cl2N2O2/c1-14(15-2-4-16(23)5-3-15)26-10-8-18(9-11-26)25-20-13-22(27)28-21-7-6-17(24)12-19(20)21/h2-7,12-14,18,25H,8-11H2,1H3/t14-/m0/s1. The zero-order valence-electron chi connectivity index (χ0n) is 15.6. The highest BCUT2D eigenvalue weighted by atomic mass is 35.5. The van der Waals surface area contributed by atoms with Crippen molar-refractivity contribution in [1.29, 1.82) is 0 Å². The third-order valence-corrected chi connectivity index (χ3v) is 5.98. The minimum absolute atomic E-state index is 0.303. The molecule has 1 fully saturated rings. The Morgan fingerprint density at radius 2 is 1.71 bits per heavy atom. The van der Waals surface area contributed by atoms with Crippen molar-refractivity contribution in [2.24, 2.45) is 0 Å². The first kappa shape index (κ1) is 19.3. The molecule has 1 aliphatic rings. The molecule has 2 aromatic carbocycles. The number of benzene rings is 2. The number of hydrogen-bond acceptors (Lipinski definition) is 4. The van der Waals surface area contributed by atoms with Gasteiger partial charge in [-0.2, -0.15) is 0 Å². The summed E-state index contributed by atoms with van der Waals surface area (Å²) >= 11 is 12.1. The summed E-state index contributed by atoms with van der Waals surface area (Å²) < 4.78 is 5.28. The van der Waals surface area contributed by atoms with Gasteiger partial charge >= 0.3 is 5.63 Å². The zero-order valence-corrected chi connectivity index (χ0v) is 17.1. The number of fused-ring (bicyclic) bond motifs is 1. The van der Waals surface area contributed by atoms with E-state index < -0.39 is 0 Å². The summed E-state index contributed by atoms with van der Waals surface area (Å²) in [6.07, 6.45) is 2.00. The van der Waals surface area contributed by atoms with Crippen molar-refractivity contribution in [2.75, 3.05) is 18.4 Å². The van der Waals surface area contributed by atoms with Crippen LogP contribution in [0.1, 0.15) is 31.4 Å². The van der Waals surface area contributed by atoms with Gasteiger partial charge in [0.15, 0.2) is 0 Å². The number of nitrogens with zero attached hydrogens (tertiary/aromatic N) is 1. The molecule has 0 aliphatic carbocycles. The lowest BCUT2D eigenvalue weighted by Gasteiger charge is -2.37. The second-order valence-electron chi connectivity index (χ2n) is 7.30. The Hall–Kier alpha value is -2.01. The predicted octanol–water partition coefficient (Wildman–Crippen LogP) is 5.74. The molecule has 6 heteroatoms. The second kappa shape index (κ2) is 8.16. The van der Waals surface area contributed by atoms with Crippen molar-refractivity contribution in [3.8, 4) is 0 Å². The van der Waals surface area contributed by atoms with Gasteiger partial charge in [-0.05, 0) is 55.7 Å². The van der Waals surface area contributed by atoms with Crippen molar-refractivity contribution >= 4 is 39.9 Å². The fourth-order valence-corrected chi connectivity index (χ4v) is 4.16. The molecule has 1 aliphatic heterocycles. The van der Waals surface area contributed by atoms with Crippen molar-refractivity contribution in [3.63, 3.8) is 0 Å². The van der Waals surface area contributed by atoms with E-state index in [-0.39, 0.29) is 5.63 Å². The zero-order chi connectivity index (χ0) is 19.7. The van der Waals surface area contributed by atoms with Gasteiger partial charge in [0.1, 0.15) is 5.58 Å². The lowest BCUT2D eigenvalue weighted by Crippen LogP contribution is -2.40. The molecule has 0 amide bonds. The Balaban J connectivity index is 1.45. The fraction of sp³-hybridized carbons (Fsp3) is 0.318. The van der Waals surface area contributed by atoms with Gasteiger partial charge in [-0.3, -0.25) is 4.90 Å². The van der Waals surface area contributed by atoms with E-state index in [0.717, 1.165) is 42.0 Å². The molecule has 0 radical (unpaired) electrons. The minimum atomic E-state index is -0.355. The summed E-state index contributed by atoms with van der Waals surface area (Å²) in [4.78, 5) is 14.4. The van der Waals surface area contributed by atoms with Gasteiger partial charge in [0, 0.05) is 46.7 Å². The van der Waals surface area contributed by atoms with Crippen molar-refractivity contribution in [3.05, 3.63) is 74.6 Å². The predicted molar refractivity (Wildman–Crippen MR) is 116 cm³/mol. The normalized spacial score (nSPS) is 17.0. The van der Waals surface area contributed by atoms with Crippen LogP contribution in [-0.2, 0) is 0 Å². The molecule has 146 valence electrons. The first-order chi connectivity index (χ1) is 13.5. The summed E-state index contributed by atoms with van der Waals surface area (Å²) in [7, 11) is 0. The van der Waals surface area contributed by atoms with Crippen LogP contribution in [0.3, 0.4) is 0 Å². The second-order valence-corrected chi connectivity index (χ2v) is 8.17. The molecular weight excluding hydrogens is 395 g/mol. The lowest BCUT2D eigenvalue weighted by molar-refractivity contribution is 0.167. The van der Waals surface area contributed by atoms with E-state index in [1.165, 1.54) is 11.6 Å². The smallest absolute Gasteiger partial charge is 0.338 e. The van der Waals surface area contributed by atoms with Gasteiger partial charge < -0.3 is 9.73 Å². The van der Waals surface area contributed by atoms with Crippen LogP contribution in [0.25, 0.3) is 11.0 Å². The van der Waals surface area contributed by atoms with Gasteiger partial charge in [0.05, 0.1) is 5.69 Å². The average Bonchev–Trinajstić information content (AvgIpc) is 2.69. The first-order valence-corrected chi connectivity index (χ1v) is 10.2. The van der Waals surface area contributed by atoms with Crippen molar-refractivity contribution in [1.82, 2.24) is 4.90 Å². The molecular formula is C22H22Cl2N2O2. The first-order valence-electron chi connectivity index (χ1n) is 9.49. The maximum absolute atomic E-state index is 11.9. The highest BCUT2D eigenvalue weighted by molar-refractivity contribution is 6.31. The largest absolute Gasteiger partial charge is 0.423 e. The van der Waals surface area contributed by atoms with E-state index in [9.17, 15) is 4.79 Å². The van der Waals surface area contributed by atoms with Gasteiger partial charge in [0.25, 0.3) is 0 Å². The third kappa shape index (κ3) is 4.19. The molecule has 1 aromatic heterocycles. The van der Waals surface area contributed by atoms with Crippen molar-refractivity contribution < 1.29 is 4.42 Å². The molecule has 0 saturated carbocycles. The van der Waals surface area contributed by atoms with E-state index in [1.54, 1.807) is 12.1 Å². The molecule has 1 N–H and O–H groups in total. The molecule has 28 heavy (non-hydrogen) atoms. The maximum Gasteiger partial charge on any atom is 0.338 e. The van der Waals surface area contributed by atoms with Gasteiger partial charge in [-0.25, -0.2) is 4.79 Å². The van der Waals surface area contributed by atoms with E-state index >= 15 is 0 Å². The molecule has 2 heterocycles. The third-order valence-electron chi connectivity index (χ3n) is 5.49. The van der Waals surface area contributed by atoms with Crippen LogP contribution in [0.4, 0.5) is 5.69 Å². The van der Waals surface area contributed by atoms with Crippen LogP contribution >= 0.6 is 23.2 Å². The van der Waals surface area contributed by atoms with E-state index in [4.69, 9.17) is 27.6 Å². The molecule has 4 rings (SSSR count). The summed E-state index contributed by atoms with van der Waals surface area (Å²) in [5.74, 6) is 0. The summed E-state index contributed by atoms with van der Waals surface area (Å²) in [6, 6.07) is 15.5. The summed E-state index contributed by atoms with van der Waals surface area (Å²) in [5.41, 5.74) is 2.26. The number of nitrogens with one attached hydrogen (secondary N) is 1. The Kier molecular flexibility index (Phi) is 5.63. The number of piperidine rings is 1. The van der Waals surface area contributed by atoms with Crippen molar-refractivity contribution in [2.45, 2.75) is 31.8 Å². The molecule has 1 saturated heterocycles. The number of hydrogen-bond donors (Lipinski definition) is 1. The number of rotatable bonds is 4. The molecule has 0 spiro atoms. The molecule has 3 aromatic rings. The van der Waals surface area contributed by atoms with Crippen LogP contribution < -0.4 is 10.9 Å². The van der Waals surface area contributed by atoms with Crippen LogP contribution in [0.5, 0.6) is 0 Å². The van der Waals surface area contributed by atoms with Crippen LogP contribution in [0.2, 0.25) is 10.0 Å². The minimum Gasteiger partial charge on any atom is -0.423 e. The Morgan fingerprint density at radius 3 is 2.43 bits per heavy atom. The highest BCUT2D eigenvalue weighted by Gasteiger charge is 2.24. The molecule has 0 unspecified atom stereocenters. The van der Waals surface area contributed by atoms with Gasteiger partial charge in [-0.15, -0.1) is 0 Å². The molecule has 1 atom stereocenters. The van der Waals surface area contributed by atoms with E-state index in [2.05, 4.69) is 29.3 Å². The maximum atomic E-state index is 11.9. The number of likely N-dealkylation sites (tertiary alicyclic amines) is 1. The molecule has 4 nitrogen and oxygen atoms in total. The van der Waals surface area contributed by atoms with E-state index in [1.807, 2.05) is 18.2 Å². The van der Waals surface area contributed by atoms with Crippen LogP contribution in [0, 0.1) is 0 Å². The summed E-state index contributed by atoms with van der Waals surface area (Å²) in [5, 5.41) is 5.76. The Labute approximate surface area is 174 Å². The Morgan fingerprint density at radius 1 is 1.04 bits per heavy atom. The Bertz CT molecular complexity index is 1020. The quantitative estimate of drug-likeness (QED) is 0.550. The van der Waals surface area contributed by atoms with Gasteiger partial charge in [-0.1, -0.05) is 35.3 Å². The molecule has 0 bridgehead atoms. The van der Waals surface area contributed by atoms with Gasteiger partial charge in [0.2, 0.25) is 0 Å². The lowest BCUT2D eigenvalue weighted by atomic mass is 9.99. The SMILES string of the molecule is C[C@@H](c1ccc(Cl)cc1)N1CCC(Nc2cc(=O)oc3ccc(Cl)cc23)CC1. The topological polar surface area (TPSA) is 45.5 Å². The number of anilines is 1. The fourth-order valence-electron chi connectivity index (χ4n) is 3.86. The van der Waals surface area contributed by atoms with E-state index in [0.29, 0.717) is 22.7 Å². The monoisotopic (exact) mass is 416 g/mol. The number of halogens is 2.